The summed E-state index contributed by atoms with van der Waals surface area (Å²) in [7, 11) is 0. The summed E-state index contributed by atoms with van der Waals surface area (Å²) in [5.41, 5.74) is 7.62. The van der Waals surface area contributed by atoms with Gasteiger partial charge in [-0.15, -0.1) is 0 Å². The molecule has 150 valence electrons. The third-order valence-electron chi connectivity index (χ3n) is 6.63. The molecule has 1 unspecified atom stereocenters. The molecule has 1 spiro atoms. The maximum absolute atomic E-state index is 12.6. The van der Waals surface area contributed by atoms with E-state index in [0.29, 0.717) is 11.3 Å². The Balaban J connectivity index is 1.38. The van der Waals surface area contributed by atoms with Crippen LogP contribution in [0.2, 0.25) is 0 Å². The van der Waals surface area contributed by atoms with Crippen molar-refractivity contribution in [1.29, 1.82) is 0 Å². The fourth-order valence-corrected chi connectivity index (χ4v) is 4.82. The highest BCUT2D eigenvalue weighted by Gasteiger charge is 2.43. The van der Waals surface area contributed by atoms with E-state index in [1.54, 1.807) is 6.07 Å². The van der Waals surface area contributed by atoms with Gasteiger partial charge in [0.1, 0.15) is 11.3 Å². The van der Waals surface area contributed by atoms with E-state index in [4.69, 9.17) is 14.9 Å². The van der Waals surface area contributed by atoms with Crippen LogP contribution in [0, 0.1) is 5.41 Å². The van der Waals surface area contributed by atoms with Crippen LogP contribution in [0.25, 0.3) is 11.0 Å². The molecule has 1 saturated heterocycles. The molecule has 1 aromatic carbocycles. The van der Waals surface area contributed by atoms with E-state index in [2.05, 4.69) is 0 Å². The van der Waals surface area contributed by atoms with Gasteiger partial charge in [0, 0.05) is 36.7 Å². The minimum absolute atomic E-state index is 0.00900. The maximum atomic E-state index is 12.6. The summed E-state index contributed by atoms with van der Waals surface area (Å²) in [6, 6.07) is 7.18. The van der Waals surface area contributed by atoms with Crippen molar-refractivity contribution in [3.05, 3.63) is 40.2 Å². The number of aryl methyl sites for hydroxylation is 1. The SMILES string of the molecule is CCc1cc(=O)oc2cc(OCC(=O)N3CCC4(CCCC4N)CC3)ccc12. The second-order valence-corrected chi connectivity index (χ2v) is 8.13. The van der Waals surface area contributed by atoms with Crippen molar-refractivity contribution in [1.82, 2.24) is 4.90 Å². The number of amides is 1. The predicted molar refractivity (Wildman–Crippen MR) is 107 cm³/mol. The van der Waals surface area contributed by atoms with Crippen LogP contribution in [0.15, 0.2) is 33.5 Å². The molecule has 1 amide bonds. The quantitative estimate of drug-likeness (QED) is 0.819. The van der Waals surface area contributed by atoms with Gasteiger partial charge in [-0.05, 0) is 55.2 Å². The van der Waals surface area contributed by atoms with Crippen LogP contribution in [0.4, 0.5) is 0 Å². The zero-order valence-corrected chi connectivity index (χ0v) is 16.4. The highest BCUT2D eigenvalue weighted by atomic mass is 16.5. The Kier molecular flexibility index (Phi) is 5.15. The van der Waals surface area contributed by atoms with E-state index in [1.165, 1.54) is 18.9 Å². The normalized spacial score (nSPS) is 21.4. The van der Waals surface area contributed by atoms with Crippen molar-refractivity contribution in [2.45, 2.75) is 51.5 Å². The number of rotatable bonds is 4. The van der Waals surface area contributed by atoms with Gasteiger partial charge < -0.3 is 19.8 Å². The number of ether oxygens (including phenoxy) is 1. The van der Waals surface area contributed by atoms with E-state index in [-0.39, 0.29) is 29.6 Å². The maximum Gasteiger partial charge on any atom is 0.336 e. The number of hydrogen-bond acceptors (Lipinski definition) is 5. The molecule has 1 aliphatic carbocycles. The number of fused-ring (bicyclic) bond motifs is 1. The summed E-state index contributed by atoms with van der Waals surface area (Å²) in [6.07, 6.45) is 6.22. The van der Waals surface area contributed by atoms with Gasteiger partial charge in [0.2, 0.25) is 0 Å². The van der Waals surface area contributed by atoms with Gasteiger partial charge in [-0.2, -0.15) is 0 Å². The lowest BCUT2D eigenvalue weighted by Gasteiger charge is -2.42. The average Bonchev–Trinajstić information content (AvgIpc) is 3.05. The first-order chi connectivity index (χ1) is 13.5. The van der Waals surface area contributed by atoms with Crippen molar-refractivity contribution in [2.75, 3.05) is 19.7 Å². The Bertz CT molecular complexity index is 928. The first-order valence-corrected chi connectivity index (χ1v) is 10.2. The van der Waals surface area contributed by atoms with Crippen molar-refractivity contribution in [3.8, 4) is 5.75 Å². The third-order valence-corrected chi connectivity index (χ3v) is 6.63. The molecule has 1 aliphatic heterocycles. The smallest absolute Gasteiger partial charge is 0.336 e. The average molecular weight is 384 g/mol. The zero-order valence-electron chi connectivity index (χ0n) is 16.4. The summed E-state index contributed by atoms with van der Waals surface area (Å²) in [5, 5.41) is 0.898. The van der Waals surface area contributed by atoms with Crippen molar-refractivity contribution >= 4 is 16.9 Å². The van der Waals surface area contributed by atoms with Crippen LogP contribution < -0.4 is 16.1 Å². The van der Waals surface area contributed by atoms with Crippen LogP contribution in [-0.4, -0.2) is 36.5 Å². The molecule has 0 radical (unpaired) electrons. The third kappa shape index (κ3) is 3.53. The molecule has 1 atom stereocenters. The van der Waals surface area contributed by atoms with Gasteiger partial charge in [-0.1, -0.05) is 13.3 Å². The molecule has 28 heavy (non-hydrogen) atoms. The minimum atomic E-state index is -0.370. The molecule has 1 aromatic heterocycles. The first-order valence-electron chi connectivity index (χ1n) is 10.2. The fourth-order valence-electron chi connectivity index (χ4n) is 4.82. The van der Waals surface area contributed by atoms with Crippen LogP contribution in [0.3, 0.4) is 0 Å². The standard InChI is InChI=1S/C22H28N2O4/c1-2-15-12-21(26)28-18-13-16(5-6-17(15)18)27-14-20(25)24-10-8-22(9-11-24)7-3-4-19(22)23/h5-6,12-13,19H,2-4,7-11,14,23H2,1H3. The van der Waals surface area contributed by atoms with Crippen molar-refractivity contribution in [2.24, 2.45) is 11.1 Å². The van der Waals surface area contributed by atoms with E-state index < -0.39 is 0 Å². The molecule has 2 N–H and O–H groups in total. The van der Waals surface area contributed by atoms with Crippen LogP contribution in [0.5, 0.6) is 5.75 Å². The highest BCUT2D eigenvalue weighted by molar-refractivity contribution is 5.82. The Morgan fingerprint density at radius 2 is 2.07 bits per heavy atom. The van der Waals surface area contributed by atoms with Crippen molar-refractivity contribution < 1.29 is 13.9 Å². The summed E-state index contributed by atoms with van der Waals surface area (Å²) < 4.78 is 11.0. The molecule has 6 nitrogen and oxygen atoms in total. The van der Waals surface area contributed by atoms with E-state index >= 15 is 0 Å². The molecular formula is C22H28N2O4. The molecule has 1 saturated carbocycles. The minimum Gasteiger partial charge on any atom is -0.484 e. The molecule has 4 rings (SSSR count). The topological polar surface area (TPSA) is 85.8 Å². The largest absolute Gasteiger partial charge is 0.484 e. The molecule has 0 bridgehead atoms. The number of hydrogen-bond donors (Lipinski definition) is 1. The molecule has 2 heterocycles. The second kappa shape index (κ2) is 7.59. The summed E-state index contributed by atoms with van der Waals surface area (Å²) in [4.78, 5) is 26.2. The molecule has 2 fully saturated rings. The number of carbonyl (C=O) groups is 1. The lowest BCUT2D eigenvalue weighted by atomic mass is 9.74. The molecule has 2 aromatic rings. The van der Waals surface area contributed by atoms with Gasteiger partial charge in [-0.3, -0.25) is 4.79 Å². The summed E-state index contributed by atoms with van der Waals surface area (Å²) >= 11 is 0. The Morgan fingerprint density at radius 3 is 2.75 bits per heavy atom. The summed E-state index contributed by atoms with van der Waals surface area (Å²) in [5.74, 6) is 0.522. The highest BCUT2D eigenvalue weighted by Crippen LogP contribution is 2.45. The summed E-state index contributed by atoms with van der Waals surface area (Å²) in [6.45, 7) is 3.49. The fraction of sp³-hybridized carbons (Fsp3) is 0.545. The van der Waals surface area contributed by atoms with Crippen LogP contribution in [-0.2, 0) is 11.2 Å². The van der Waals surface area contributed by atoms with Gasteiger partial charge in [0.05, 0.1) is 0 Å². The second-order valence-electron chi connectivity index (χ2n) is 8.13. The van der Waals surface area contributed by atoms with E-state index in [9.17, 15) is 9.59 Å². The number of carbonyl (C=O) groups excluding carboxylic acids is 1. The monoisotopic (exact) mass is 384 g/mol. The van der Waals surface area contributed by atoms with Gasteiger partial charge >= 0.3 is 5.63 Å². The number of likely N-dealkylation sites (tertiary alicyclic amines) is 1. The lowest BCUT2D eigenvalue weighted by Crippen LogP contribution is -2.49. The van der Waals surface area contributed by atoms with Gasteiger partial charge in [0.25, 0.3) is 5.91 Å². The number of nitrogens with two attached hydrogens (primary N) is 1. The van der Waals surface area contributed by atoms with Crippen LogP contribution >= 0.6 is 0 Å². The zero-order chi connectivity index (χ0) is 19.7. The Labute approximate surface area is 164 Å². The molecule has 6 heteroatoms. The van der Waals surface area contributed by atoms with Gasteiger partial charge in [0.15, 0.2) is 6.61 Å². The van der Waals surface area contributed by atoms with E-state index in [0.717, 1.165) is 49.7 Å². The Morgan fingerprint density at radius 1 is 1.29 bits per heavy atom. The number of piperidine rings is 1. The predicted octanol–water partition coefficient (Wildman–Crippen LogP) is 2.85. The van der Waals surface area contributed by atoms with Gasteiger partial charge in [-0.25, -0.2) is 4.79 Å². The number of benzene rings is 1. The van der Waals surface area contributed by atoms with Crippen LogP contribution in [0.1, 0.15) is 44.6 Å². The first kappa shape index (κ1) is 19.0. The number of nitrogens with zero attached hydrogens (tertiary/aromatic N) is 1. The Hall–Kier alpha value is -2.34. The molecule has 2 aliphatic rings. The van der Waals surface area contributed by atoms with E-state index in [1.807, 2.05) is 24.0 Å². The molecular weight excluding hydrogens is 356 g/mol. The van der Waals surface area contributed by atoms with Crippen molar-refractivity contribution in [3.63, 3.8) is 0 Å². The lowest BCUT2D eigenvalue weighted by molar-refractivity contribution is -0.135.